The SMILES string of the molecule is C1=Cc2cc3ccc(cc4ccc(cc5nc(cc1n2)C=C5)[nH]4)[nH]3.[Cd].c1ccccc1. The molecule has 0 fully saturated rings. The topological polar surface area (TPSA) is 57.4 Å². The molecule has 2 aliphatic rings. The number of nitrogens with zero attached hydrogens (tertiary/aromatic N) is 2. The van der Waals surface area contributed by atoms with Crippen molar-refractivity contribution in [3.8, 4) is 0 Å². The molecule has 3 aromatic heterocycles. The normalized spacial score (nSPS) is 11.4. The second-order valence-corrected chi connectivity index (χ2v) is 7.06. The van der Waals surface area contributed by atoms with E-state index in [-0.39, 0.29) is 27.3 Å². The number of aromatic nitrogens is 4. The Kier molecular flexibility index (Phi) is 6.57. The molecule has 5 heterocycles. The molecule has 0 spiro atoms. The second-order valence-electron chi connectivity index (χ2n) is 7.06. The molecule has 0 saturated carbocycles. The van der Waals surface area contributed by atoms with Crippen LogP contribution in [-0.4, -0.2) is 19.9 Å². The Morgan fingerprint density at radius 1 is 0.419 bits per heavy atom. The van der Waals surface area contributed by atoms with Crippen LogP contribution in [0.15, 0.2) is 84.9 Å². The first kappa shape index (κ1) is 21.0. The minimum atomic E-state index is 0. The summed E-state index contributed by atoms with van der Waals surface area (Å²) in [6, 6.07) is 28.4. The third kappa shape index (κ3) is 5.46. The monoisotopic (exact) mass is 502 g/mol. The Bertz CT molecular complexity index is 1280. The Hall–Kier alpha value is -3.26. The third-order valence-electron chi connectivity index (χ3n) is 4.71. The van der Waals surface area contributed by atoms with E-state index in [9.17, 15) is 0 Å². The molecular formula is C26H20CdN4. The minimum absolute atomic E-state index is 0. The number of aromatic amines is 2. The van der Waals surface area contributed by atoms with Crippen LogP contribution in [0.1, 0.15) is 22.8 Å². The Labute approximate surface area is 200 Å². The first-order valence-corrected chi connectivity index (χ1v) is 9.85. The molecule has 2 aliphatic heterocycles. The summed E-state index contributed by atoms with van der Waals surface area (Å²) in [7, 11) is 0. The molecule has 1 aromatic carbocycles. The van der Waals surface area contributed by atoms with Crippen LogP contribution in [-0.2, 0) is 27.3 Å². The predicted molar refractivity (Wildman–Crippen MR) is 125 cm³/mol. The molecule has 2 N–H and O–H groups in total. The van der Waals surface area contributed by atoms with Gasteiger partial charge >= 0.3 is 0 Å². The van der Waals surface area contributed by atoms with E-state index in [1.54, 1.807) is 0 Å². The smallest absolute Gasteiger partial charge is 0.0659 e. The number of nitrogens with one attached hydrogen (secondary N) is 2. The van der Waals surface area contributed by atoms with Crippen LogP contribution in [0.4, 0.5) is 0 Å². The molecular weight excluding hydrogens is 481 g/mol. The van der Waals surface area contributed by atoms with Gasteiger partial charge in [-0.25, -0.2) is 9.97 Å². The first-order valence-electron chi connectivity index (χ1n) is 9.85. The number of rotatable bonds is 0. The summed E-state index contributed by atoms with van der Waals surface area (Å²) >= 11 is 0. The van der Waals surface area contributed by atoms with Crippen molar-refractivity contribution >= 4 is 46.4 Å². The van der Waals surface area contributed by atoms with Crippen molar-refractivity contribution in [2.75, 3.05) is 0 Å². The van der Waals surface area contributed by atoms with Gasteiger partial charge in [-0.3, -0.25) is 0 Å². The maximum atomic E-state index is 4.62. The van der Waals surface area contributed by atoms with Crippen molar-refractivity contribution < 1.29 is 27.3 Å². The number of fused-ring (bicyclic) bond motifs is 8. The van der Waals surface area contributed by atoms with Crippen molar-refractivity contribution in [2.24, 2.45) is 0 Å². The van der Waals surface area contributed by atoms with Crippen LogP contribution >= 0.6 is 0 Å². The molecule has 4 aromatic rings. The molecule has 146 valence electrons. The van der Waals surface area contributed by atoms with Crippen LogP contribution in [0.2, 0.25) is 0 Å². The quantitative estimate of drug-likeness (QED) is 0.239. The van der Waals surface area contributed by atoms with Gasteiger partial charge in [0, 0.05) is 49.4 Å². The molecule has 31 heavy (non-hydrogen) atoms. The zero-order valence-corrected chi connectivity index (χ0v) is 21.0. The van der Waals surface area contributed by atoms with Gasteiger partial charge in [0.25, 0.3) is 0 Å². The molecule has 8 bridgehead atoms. The molecule has 0 radical (unpaired) electrons. The third-order valence-corrected chi connectivity index (χ3v) is 4.71. The van der Waals surface area contributed by atoms with E-state index >= 15 is 0 Å². The average Bonchev–Trinajstić information content (AvgIpc) is 3.56. The van der Waals surface area contributed by atoms with Gasteiger partial charge in [0.15, 0.2) is 0 Å². The first-order chi connectivity index (χ1) is 14.8. The van der Waals surface area contributed by atoms with E-state index in [2.05, 4.69) is 50.3 Å². The molecule has 0 unspecified atom stereocenters. The summed E-state index contributed by atoms with van der Waals surface area (Å²) < 4.78 is 0. The maximum absolute atomic E-state index is 4.62. The van der Waals surface area contributed by atoms with Crippen molar-refractivity contribution in [2.45, 2.75) is 0 Å². The van der Waals surface area contributed by atoms with Crippen LogP contribution in [0.5, 0.6) is 0 Å². The maximum Gasteiger partial charge on any atom is 0.0659 e. The molecule has 6 rings (SSSR count). The van der Waals surface area contributed by atoms with E-state index in [0.29, 0.717) is 0 Å². The zero-order valence-electron chi connectivity index (χ0n) is 17.0. The van der Waals surface area contributed by atoms with Crippen LogP contribution in [0.3, 0.4) is 0 Å². The summed E-state index contributed by atoms with van der Waals surface area (Å²) in [5.41, 5.74) is 7.86. The molecule has 5 heteroatoms. The Morgan fingerprint density at radius 2 is 0.742 bits per heavy atom. The van der Waals surface area contributed by atoms with Gasteiger partial charge in [0.1, 0.15) is 0 Å². The van der Waals surface area contributed by atoms with E-state index in [0.717, 1.165) is 44.8 Å². The molecule has 0 aliphatic carbocycles. The fraction of sp³-hybridized carbons (Fsp3) is 0. The van der Waals surface area contributed by atoms with Crippen LogP contribution < -0.4 is 0 Å². The van der Waals surface area contributed by atoms with Crippen molar-refractivity contribution in [3.05, 3.63) is 108 Å². The molecule has 4 nitrogen and oxygen atoms in total. The van der Waals surface area contributed by atoms with Gasteiger partial charge in [0.2, 0.25) is 0 Å². The standard InChI is InChI=1S/C20H14N4.C6H6.Cd/c1-2-14-10-16-5-6-18(23-16)12-20-8-7-19(24-20)11-17-4-3-15(22-17)9-13(1)21-14;1-2-4-6-5-3-1;/h1-12,21-22H;1-6H;. The van der Waals surface area contributed by atoms with E-state index in [1.165, 1.54) is 0 Å². The second kappa shape index (κ2) is 9.70. The summed E-state index contributed by atoms with van der Waals surface area (Å²) in [6.45, 7) is 0. The molecule has 0 saturated heterocycles. The number of hydrogen-bond acceptors (Lipinski definition) is 2. The van der Waals surface area contributed by atoms with Gasteiger partial charge in [-0.2, -0.15) is 0 Å². The van der Waals surface area contributed by atoms with Crippen molar-refractivity contribution in [1.29, 1.82) is 0 Å². The number of H-pyrrole nitrogens is 2. The van der Waals surface area contributed by atoms with Crippen molar-refractivity contribution in [1.82, 2.24) is 19.9 Å². The minimum Gasteiger partial charge on any atom is -0.355 e. The summed E-state index contributed by atoms with van der Waals surface area (Å²) in [5, 5.41) is 0. The fourth-order valence-electron chi connectivity index (χ4n) is 3.33. The van der Waals surface area contributed by atoms with Gasteiger partial charge in [-0.05, 0) is 72.8 Å². The van der Waals surface area contributed by atoms with E-state index in [4.69, 9.17) is 0 Å². The van der Waals surface area contributed by atoms with Crippen LogP contribution in [0.25, 0.3) is 46.4 Å². The fourth-order valence-corrected chi connectivity index (χ4v) is 3.33. The predicted octanol–water partition coefficient (Wildman–Crippen LogP) is 6.34. The summed E-state index contributed by atoms with van der Waals surface area (Å²) in [6.07, 6.45) is 8.05. The average molecular weight is 501 g/mol. The zero-order chi connectivity index (χ0) is 20.2. The molecule has 0 amide bonds. The van der Waals surface area contributed by atoms with Gasteiger partial charge in [-0.1, -0.05) is 36.4 Å². The van der Waals surface area contributed by atoms with Crippen molar-refractivity contribution in [3.63, 3.8) is 0 Å². The van der Waals surface area contributed by atoms with Crippen LogP contribution in [0, 0.1) is 0 Å². The summed E-state index contributed by atoms with van der Waals surface area (Å²) in [4.78, 5) is 16.0. The van der Waals surface area contributed by atoms with Gasteiger partial charge in [0.05, 0.1) is 22.8 Å². The number of benzene rings is 1. The summed E-state index contributed by atoms with van der Waals surface area (Å²) in [5.74, 6) is 0. The van der Waals surface area contributed by atoms with E-state index < -0.39 is 0 Å². The molecule has 0 atom stereocenters. The van der Waals surface area contributed by atoms with Gasteiger partial charge < -0.3 is 9.97 Å². The largest absolute Gasteiger partial charge is 0.355 e. The van der Waals surface area contributed by atoms with E-state index in [1.807, 2.05) is 78.9 Å². The Morgan fingerprint density at radius 3 is 1.13 bits per heavy atom. The van der Waals surface area contributed by atoms with Gasteiger partial charge in [-0.15, -0.1) is 0 Å². The number of hydrogen-bond donors (Lipinski definition) is 2. The Balaban J connectivity index is 0.000000288.